The summed E-state index contributed by atoms with van der Waals surface area (Å²) in [6, 6.07) is 13.4. The molecular formula is C25H23N5O4S. The Hall–Kier alpha value is -4.18. The van der Waals surface area contributed by atoms with Gasteiger partial charge in [0, 0.05) is 17.5 Å². The molecule has 1 atom stereocenters. The van der Waals surface area contributed by atoms with Crippen LogP contribution in [0.25, 0.3) is 16.3 Å². The number of carbonyl (C=O) groups is 1. The molecule has 0 spiro atoms. The van der Waals surface area contributed by atoms with Gasteiger partial charge in [0.25, 0.3) is 5.56 Å². The molecule has 0 saturated heterocycles. The molecule has 10 heteroatoms. The molecule has 35 heavy (non-hydrogen) atoms. The van der Waals surface area contributed by atoms with Gasteiger partial charge in [0.1, 0.15) is 11.5 Å². The van der Waals surface area contributed by atoms with Crippen molar-refractivity contribution in [3.8, 4) is 16.3 Å². The van der Waals surface area contributed by atoms with Crippen molar-refractivity contribution in [3.05, 3.63) is 97.3 Å². The number of allylic oxidation sites excluding steroid dienone is 1. The summed E-state index contributed by atoms with van der Waals surface area (Å²) >= 11 is 1.50. The maximum Gasteiger partial charge on any atom is 0.337 e. The third-order valence-corrected chi connectivity index (χ3v) is 6.54. The van der Waals surface area contributed by atoms with Crippen LogP contribution in [0.15, 0.2) is 74.9 Å². The van der Waals surface area contributed by atoms with Gasteiger partial charge >= 0.3 is 11.7 Å². The Morgan fingerprint density at radius 3 is 2.57 bits per heavy atom. The standard InChI is InChI=1S/C25H23N5O4S/c1-13(2)34-24(32)18-14(3)26-22-20(23(31)28-25(33)27-22)19(18)16-12-30(15-8-5-4-6-9-15)29-21(16)17-10-7-11-35-17/h4-13,19H,1-3H3,(H3,26,27,28,31,33). The maximum atomic E-state index is 13.3. The molecule has 5 rings (SSSR count). The van der Waals surface area contributed by atoms with Crippen LogP contribution in [0, 0.1) is 0 Å². The molecule has 1 unspecified atom stereocenters. The monoisotopic (exact) mass is 489 g/mol. The quantitative estimate of drug-likeness (QED) is 0.367. The lowest BCUT2D eigenvalue weighted by molar-refractivity contribution is -0.143. The molecule has 0 amide bonds. The molecule has 0 radical (unpaired) electrons. The van der Waals surface area contributed by atoms with Crippen molar-refractivity contribution in [1.82, 2.24) is 19.7 Å². The lowest BCUT2D eigenvalue weighted by Crippen LogP contribution is -2.35. The number of nitrogens with zero attached hydrogens (tertiary/aromatic N) is 2. The number of thiophene rings is 1. The number of hydrogen-bond acceptors (Lipinski definition) is 7. The molecule has 0 saturated carbocycles. The second kappa shape index (κ2) is 8.88. The molecule has 0 fully saturated rings. The van der Waals surface area contributed by atoms with E-state index in [-0.39, 0.29) is 23.1 Å². The predicted octanol–water partition coefficient (Wildman–Crippen LogP) is 3.76. The first-order chi connectivity index (χ1) is 16.8. The highest BCUT2D eigenvalue weighted by molar-refractivity contribution is 7.13. The Morgan fingerprint density at radius 2 is 1.89 bits per heavy atom. The smallest absolute Gasteiger partial charge is 0.337 e. The fraction of sp³-hybridized carbons (Fsp3) is 0.200. The van der Waals surface area contributed by atoms with E-state index in [0.29, 0.717) is 17.0 Å². The van der Waals surface area contributed by atoms with E-state index in [2.05, 4.69) is 15.3 Å². The van der Waals surface area contributed by atoms with Crippen LogP contribution in [0.1, 0.15) is 37.8 Å². The fourth-order valence-electron chi connectivity index (χ4n) is 4.26. The number of ether oxygens (including phenoxy) is 1. The summed E-state index contributed by atoms with van der Waals surface area (Å²) < 4.78 is 7.30. The van der Waals surface area contributed by atoms with Gasteiger partial charge in [-0.05, 0) is 44.4 Å². The van der Waals surface area contributed by atoms with Gasteiger partial charge in [-0.15, -0.1) is 11.3 Å². The van der Waals surface area contributed by atoms with Gasteiger partial charge in [0.05, 0.1) is 33.7 Å². The number of H-pyrrole nitrogens is 2. The molecule has 3 aromatic heterocycles. The first-order valence-corrected chi connectivity index (χ1v) is 12.0. The van der Waals surface area contributed by atoms with Crippen molar-refractivity contribution < 1.29 is 9.53 Å². The van der Waals surface area contributed by atoms with Crippen LogP contribution < -0.4 is 16.6 Å². The van der Waals surface area contributed by atoms with E-state index in [1.54, 1.807) is 25.5 Å². The highest BCUT2D eigenvalue weighted by atomic mass is 32.1. The number of anilines is 1. The lowest BCUT2D eigenvalue weighted by Gasteiger charge is -2.28. The maximum absolute atomic E-state index is 13.3. The number of fused-ring (bicyclic) bond motifs is 1. The third-order valence-electron chi connectivity index (χ3n) is 5.66. The normalized spacial score (nSPS) is 15.1. The first-order valence-electron chi connectivity index (χ1n) is 11.1. The van der Waals surface area contributed by atoms with Crippen molar-refractivity contribution in [2.45, 2.75) is 32.8 Å². The average molecular weight is 490 g/mol. The van der Waals surface area contributed by atoms with Crippen LogP contribution in [0.5, 0.6) is 0 Å². The summed E-state index contributed by atoms with van der Waals surface area (Å²) in [5.41, 5.74) is 1.87. The topological polar surface area (TPSA) is 122 Å². The highest BCUT2D eigenvalue weighted by Gasteiger charge is 2.39. The molecule has 4 aromatic rings. The van der Waals surface area contributed by atoms with Crippen LogP contribution in [-0.4, -0.2) is 31.8 Å². The molecule has 9 nitrogen and oxygen atoms in total. The average Bonchev–Trinajstić information content (AvgIpc) is 3.48. The van der Waals surface area contributed by atoms with Crippen LogP contribution >= 0.6 is 11.3 Å². The second-order valence-corrected chi connectivity index (χ2v) is 9.39. The largest absolute Gasteiger partial charge is 0.460 e. The van der Waals surface area contributed by atoms with Crippen molar-refractivity contribution >= 4 is 23.1 Å². The van der Waals surface area contributed by atoms with Gasteiger partial charge in [-0.25, -0.2) is 14.3 Å². The Balaban J connectivity index is 1.81. The third kappa shape index (κ3) is 4.12. The molecule has 1 aliphatic rings. The molecule has 1 aliphatic heterocycles. The SMILES string of the molecule is CC1=C(C(=O)OC(C)C)C(c2cn(-c3ccccc3)nc2-c2cccs2)c2c([nH]c(=O)[nH]c2=O)N1. The minimum Gasteiger partial charge on any atom is -0.460 e. The molecule has 3 N–H and O–H groups in total. The van der Waals surface area contributed by atoms with Crippen LogP contribution in [0.3, 0.4) is 0 Å². The summed E-state index contributed by atoms with van der Waals surface area (Å²) in [4.78, 5) is 44.3. The van der Waals surface area contributed by atoms with E-state index in [1.807, 2.05) is 54.0 Å². The zero-order valence-electron chi connectivity index (χ0n) is 19.3. The molecule has 1 aromatic carbocycles. The van der Waals surface area contributed by atoms with Crippen LogP contribution in [0.2, 0.25) is 0 Å². The van der Waals surface area contributed by atoms with Gasteiger partial charge in [0.2, 0.25) is 0 Å². The first kappa shape index (κ1) is 22.6. The number of carbonyl (C=O) groups excluding carboxylic acids is 1. The van der Waals surface area contributed by atoms with Gasteiger partial charge in [-0.3, -0.25) is 14.8 Å². The van der Waals surface area contributed by atoms with Crippen molar-refractivity contribution in [2.24, 2.45) is 0 Å². The number of aromatic nitrogens is 4. The summed E-state index contributed by atoms with van der Waals surface area (Å²) in [6.45, 7) is 5.25. The van der Waals surface area contributed by atoms with E-state index >= 15 is 0 Å². The summed E-state index contributed by atoms with van der Waals surface area (Å²) in [5, 5.41) is 9.80. The number of nitrogens with one attached hydrogen (secondary N) is 3. The van der Waals surface area contributed by atoms with Crippen molar-refractivity contribution in [3.63, 3.8) is 0 Å². The number of rotatable bonds is 5. The highest BCUT2D eigenvalue weighted by Crippen LogP contribution is 2.43. The second-order valence-electron chi connectivity index (χ2n) is 8.44. The molecule has 0 bridgehead atoms. The van der Waals surface area contributed by atoms with E-state index in [4.69, 9.17) is 9.84 Å². The molecule has 178 valence electrons. The summed E-state index contributed by atoms with van der Waals surface area (Å²) in [7, 11) is 0. The summed E-state index contributed by atoms with van der Waals surface area (Å²) in [6.07, 6.45) is 1.47. The van der Waals surface area contributed by atoms with Gasteiger partial charge < -0.3 is 10.1 Å². The minimum absolute atomic E-state index is 0.219. The van der Waals surface area contributed by atoms with E-state index in [0.717, 1.165) is 10.6 Å². The zero-order chi connectivity index (χ0) is 24.7. The Morgan fingerprint density at radius 1 is 1.11 bits per heavy atom. The minimum atomic E-state index is -0.826. The van der Waals surface area contributed by atoms with E-state index < -0.39 is 23.1 Å². The molecular weight excluding hydrogens is 466 g/mol. The Kier molecular flexibility index (Phi) is 5.73. The lowest BCUT2D eigenvalue weighted by atomic mass is 9.82. The number of esters is 1. The number of para-hydroxylation sites is 1. The van der Waals surface area contributed by atoms with Crippen LogP contribution in [-0.2, 0) is 9.53 Å². The fourth-order valence-corrected chi connectivity index (χ4v) is 4.99. The van der Waals surface area contributed by atoms with Crippen molar-refractivity contribution in [1.29, 1.82) is 0 Å². The number of hydrogen-bond donors (Lipinski definition) is 3. The molecule has 0 aliphatic carbocycles. The van der Waals surface area contributed by atoms with Crippen molar-refractivity contribution in [2.75, 3.05) is 5.32 Å². The number of benzene rings is 1. The van der Waals surface area contributed by atoms with E-state index in [9.17, 15) is 14.4 Å². The van der Waals surface area contributed by atoms with E-state index in [1.165, 1.54) is 11.3 Å². The Bertz CT molecular complexity index is 1540. The van der Waals surface area contributed by atoms with Gasteiger partial charge in [-0.1, -0.05) is 24.3 Å². The van der Waals surface area contributed by atoms with Gasteiger partial charge in [0.15, 0.2) is 0 Å². The summed E-state index contributed by atoms with van der Waals surface area (Å²) in [5.74, 6) is -1.13. The molecule has 4 heterocycles. The number of aromatic amines is 2. The van der Waals surface area contributed by atoms with Crippen LogP contribution in [0.4, 0.5) is 5.82 Å². The van der Waals surface area contributed by atoms with Gasteiger partial charge in [-0.2, -0.15) is 5.10 Å². The predicted molar refractivity (Wildman–Crippen MR) is 134 cm³/mol. The Labute approximate surface area is 204 Å². The zero-order valence-corrected chi connectivity index (χ0v) is 20.1.